The van der Waals surface area contributed by atoms with Crippen LogP contribution in [0.4, 0.5) is 0 Å². The second kappa shape index (κ2) is 3.39. The number of nitrogens with zero attached hydrogens (tertiary/aromatic N) is 1. The number of hydrogen-bond donors (Lipinski definition) is 2. The predicted molar refractivity (Wildman–Crippen MR) is 43.4 cm³/mol. The van der Waals surface area contributed by atoms with Crippen LogP contribution < -0.4 is 11.3 Å². The molecule has 0 aromatic carbocycles. The first-order valence-corrected chi connectivity index (χ1v) is 3.69. The number of nitrogens with two attached hydrogens (primary N) is 1. The third kappa shape index (κ3) is 1.94. The van der Waals surface area contributed by atoms with Crippen LogP contribution in [0.15, 0.2) is 10.9 Å². The Morgan fingerprint density at radius 1 is 1.73 bits per heavy atom. The van der Waals surface area contributed by atoms with Gasteiger partial charge < -0.3 is 5.73 Å². The highest BCUT2D eigenvalue weighted by atomic mass is 16.1. The van der Waals surface area contributed by atoms with Crippen LogP contribution in [0.3, 0.4) is 0 Å². The van der Waals surface area contributed by atoms with Gasteiger partial charge in [-0.2, -0.15) is 0 Å². The Hall–Kier alpha value is -1.03. The van der Waals surface area contributed by atoms with Crippen LogP contribution in [0.5, 0.6) is 0 Å². The number of aromatic amines is 1. The van der Waals surface area contributed by atoms with Gasteiger partial charge in [0.25, 0.3) is 5.56 Å². The third-order valence-electron chi connectivity index (χ3n) is 1.64. The summed E-state index contributed by atoms with van der Waals surface area (Å²) < 4.78 is 1.73. The highest BCUT2D eigenvalue weighted by molar-refractivity contribution is 5.00. The van der Waals surface area contributed by atoms with Crippen molar-refractivity contribution in [3.05, 3.63) is 22.1 Å². The van der Waals surface area contributed by atoms with Crippen LogP contribution in [0.25, 0.3) is 0 Å². The maximum Gasteiger partial charge on any atom is 0.264 e. The molecule has 3 N–H and O–H groups in total. The van der Waals surface area contributed by atoms with Crippen molar-refractivity contribution >= 4 is 0 Å². The minimum Gasteiger partial charge on any atom is -0.330 e. The summed E-state index contributed by atoms with van der Waals surface area (Å²) in [6.45, 7) is 0.666. The summed E-state index contributed by atoms with van der Waals surface area (Å²) in [5, 5.41) is 2.64. The molecule has 0 bridgehead atoms. The fourth-order valence-electron chi connectivity index (χ4n) is 1.04. The predicted octanol–water partition coefficient (Wildman–Crippen LogP) is -0.395. The van der Waals surface area contributed by atoms with E-state index in [0.29, 0.717) is 6.54 Å². The first-order valence-electron chi connectivity index (χ1n) is 3.69. The SMILES string of the molecule is Cn1[nH]c(=O)cc1CCCN. The third-order valence-corrected chi connectivity index (χ3v) is 1.64. The quantitative estimate of drug-likeness (QED) is 0.624. The van der Waals surface area contributed by atoms with Crippen LogP contribution in [0, 0.1) is 0 Å². The van der Waals surface area contributed by atoms with Crippen LogP contribution in [-0.2, 0) is 13.5 Å². The zero-order valence-corrected chi connectivity index (χ0v) is 6.63. The van der Waals surface area contributed by atoms with Gasteiger partial charge in [0, 0.05) is 18.8 Å². The number of nitrogens with one attached hydrogen (secondary N) is 1. The van der Waals surface area contributed by atoms with Crippen molar-refractivity contribution in [1.29, 1.82) is 0 Å². The number of hydrogen-bond acceptors (Lipinski definition) is 2. The van der Waals surface area contributed by atoms with E-state index < -0.39 is 0 Å². The van der Waals surface area contributed by atoms with Crippen LogP contribution in [-0.4, -0.2) is 16.3 Å². The molecule has 1 rings (SSSR count). The zero-order chi connectivity index (χ0) is 8.27. The van der Waals surface area contributed by atoms with Crippen LogP contribution in [0.2, 0.25) is 0 Å². The first-order chi connectivity index (χ1) is 5.24. The standard InChI is InChI=1S/C7H13N3O/c1-10-6(3-2-4-8)5-7(11)9-10/h5H,2-4,8H2,1H3,(H,9,11). The van der Waals surface area contributed by atoms with E-state index in [2.05, 4.69) is 5.10 Å². The van der Waals surface area contributed by atoms with Gasteiger partial charge in [-0.3, -0.25) is 14.6 Å². The zero-order valence-electron chi connectivity index (χ0n) is 6.63. The topological polar surface area (TPSA) is 63.8 Å². The largest absolute Gasteiger partial charge is 0.330 e. The number of aromatic nitrogens is 2. The minimum atomic E-state index is -0.0421. The lowest BCUT2D eigenvalue weighted by atomic mass is 10.2. The van der Waals surface area contributed by atoms with Gasteiger partial charge in [0.15, 0.2) is 0 Å². The monoisotopic (exact) mass is 155 g/mol. The lowest BCUT2D eigenvalue weighted by Crippen LogP contribution is -2.04. The highest BCUT2D eigenvalue weighted by Gasteiger charge is 1.98. The van der Waals surface area contributed by atoms with Crippen LogP contribution in [0.1, 0.15) is 12.1 Å². The fourth-order valence-corrected chi connectivity index (χ4v) is 1.04. The van der Waals surface area contributed by atoms with Crippen molar-refractivity contribution in [3.63, 3.8) is 0 Å². The second-order valence-corrected chi connectivity index (χ2v) is 2.56. The summed E-state index contributed by atoms with van der Waals surface area (Å²) in [5.74, 6) is 0. The summed E-state index contributed by atoms with van der Waals surface area (Å²) in [6.07, 6.45) is 1.79. The van der Waals surface area contributed by atoms with E-state index in [1.54, 1.807) is 10.7 Å². The van der Waals surface area contributed by atoms with Gasteiger partial charge in [0.05, 0.1) is 0 Å². The normalized spacial score (nSPS) is 10.4. The van der Waals surface area contributed by atoms with Crippen molar-refractivity contribution < 1.29 is 0 Å². The molecule has 1 aromatic heterocycles. The number of aryl methyl sites for hydroxylation is 2. The van der Waals surface area contributed by atoms with E-state index in [1.165, 1.54) is 0 Å². The van der Waals surface area contributed by atoms with Gasteiger partial charge >= 0.3 is 0 Å². The van der Waals surface area contributed by atoms with E-state index in [0.717, 1.165) is 18.5 Å². The van der Waals surface area contributed by atoms with Gasteiger partial charge in [-0.1, -0.05) is 0 Å². The summed E-state index contributed by atoms with van der Waals surface area (Å²) in [4.78, 5) is 10.8. The number of H-pyrrole nitrogens is 1. The molecule has 1 heterocycles. The van der Waals surface area contributed by atoms with E-state index in [4.69, 9.17) is 5.73 Å². The Bertz CT molecular complexity index is 273. The molecule has 0 amide bonds. The molecule has 0 saturated carbocycles. The molecule has 0 saturated heterocycles. The molecule has 1 aromatic rings. The molecule has 62 valence electrons. The molecule has 0 radical (unpaired) electrons. The van der Waals surface area contributed by atoms with E-state index in [9.17, 15) is 4.79 Å². The van der Waals surface area contributed by atoms with E-state index >= 15 is 0 Å². The van der Waals surface area contributed by atoms with Crippen molar-refractivity contribution in [3.8, 4) is 0 Å². The Balaban J connectivity index is 2.69. The molecule has 0 aliphatic carbocycles. The molecule has 0 unspecified atom stereocenters. The molecule has 4 heteroatoms. The first kappa shape index (κ1) is 8.07. The van der Waals surface area contributed by atoms with Crippen molar-refractivity contribution in [2.75, 3.05) is 6.54 Å². The van der Waals surface area contributed by atoms with Crippen molar-refractivity contribution in [1.82, 2.24) is 9.78 Å². The maximum absolute atomic E-state index is 10.8. The lowest BCUT2D eigenvalue weighted by molar-refractivity contribution is 0.681. The summed E-state index contributed by atoms with van der Waals surface area (Å²) >= 11 is 0. The Labute approximate surface area is 65.0 Å². The summed E-state index contributed by atoms with van der Waals surface area (Å²) in [5.41, 5.74) is 6.31. The minimum absolute atomic E-state index is 0.0421. The van der Waals surface area contributed by atoms with Crippen LogP contribution >= 0.6 is 0 Å². The van der Waals surface area contributed by atoms with Crippen molar-refractivity contribution in [2.45, 2.75) is 12.8 Å². The fraction of sp³-hybridized carbons (Fsp3) is 0.571. The molecule has 0 aliphatic heterocycles. The van der Waals surface area contributed by atoms with Gasteiger partial charge in [-0.25, -0.2) is 0 Å². The molecule has 0 aliphatic rings. The average Bonchev–Trinajstić information content (AvgIpc) is 2.26. The number of rotatable bonds is 3. The summed E-state index contributed by atoms with van der Waals surface area (Å²) in [6, 6.07) is 1.61. The van der Waals surface area contributed by atoms with Gasteiger partial charge in [0.2, 0.25) is 0 Å². The lowest BCUT2D eigenvalue weighted by Gasteiger charge is -1.98. The van der Waals surface area contributed by atoms with Gasteiger partial charge in [-0.05, 0) is 19.4 Å². The maximum atomic E-state index is 10.8. The van der Waals surface area contributed by atoms with E-state index in [-0.39, 0.29) is 5.56 Å². The molecular formula is C7H13N3O. The molecule has 0 spiro atoms. The Morgan fingerprint density at radius 2 is 2.45 bits per heavy atom. The Morgan fingerprint density at radius 3 is 2.91 bits per heavy atom. The average molecular weight is 155 g/mol. The van der Waals surface area contributed by atoms with Crippen molar-refractivity contribution in [2.24, 2.45) is 12.8 Å². The Kier molecular flexibility index (Phi) is 2.48. The smallest absolute Gasteiger partial charge is 0.264 e. The molecule has 11 heavy (non-hydrogen) atoms. The molecular weight excluding hydrogens is 142 g/mol. The second-order valence-electron chi connectivity index (χ2n) is 2.56. The molecule has 4 nitrogen and oxygen atoms in total. The van der Waals surface area contributed by atoms with E-state index in [1.807, 2.05) is 7.05 Å². The van der Waals surface area contributed by atoms with Gasteiger partial charge in [0.1, 0.15) is 0 Å². The summed E-state index contributed by atoms with van der Waals surface area (Å²) in [7, 11) is 1.83. The highest BCUT2D eigenvalue weighted by Crippen LogP contribution is 1.95. The molecule has 0 fully saturated rings. The molecule has 0 atom stereocenters. The van der Waals surface area contributed by atoms with Gasteiger partial charge in [-0.15, -0.1) is 0 Å².